The van der Waals surface area contributed by atoms with Crippen LogP contribution in [0.2, 0.25) is 0 Å². The number of ether oxygens (including phenoxy) is 1. The zero-order valence-corrected chi connectivity index (χ0v) is 12.1. The van der Waals surface area contributed by atoms with Gasteiger partial charge in [0.2, 0.25) is 0 Å². The van der Waals surface area contributed by atoms with E-state index in [9.17, 15) is 18.0 Å². The highest BCUT2D eigenvalue weighted by molar-refractivity contribution is 5.68. The summed E-state index contributed by atoms with van der Waals surface area (Å²) in [6.07, 6.45) is -3.70. The maximum atomic E-state index is 12.7. The molecule has 0 saturated heterocycles. The predicted molar refractivity (Wildman–Crippen MR) is 69.6 cm³/mol. The lowest BCUT2D eigenvalue weighted by Crippen LogP contribution is -2.40. The molecule has 1 aromatic heterocycles. The first kappa shape index (κ1) is 15.6. The van der Waals surface area contributed by atoms with Gasteiger partial charge < -0.3 is 9.64 Å². The summed E-state index contributed by atoms with van der Waals surface area (Å²) in [5, 5.41) is 0. The number of hydrogen-bond donors (Lipinski definition) is 0. The minimum absolute atomic E-state index is 0.0845. The predicted octanol–water partition coefficient (Wildman–Crippen LogP) is 3.39. The minimum atomic E-state index is -4.43. The number of carbonyl (C=O) groups is 1. The minimum Gasteiger partial charge on any atom is -0.444 e. The molecule has 1 aliphatic heterocycles. The van der Waals surface area contributed by atoms with Crippen LogP contribution in [0.3, 0.4) is 0 Å². The maximum absolute atomic E-state index is 12.7. The summed E-state index contributed by atoms with van der Waals surface area (Å²) >= 11 is 0. The number of aromatic nitrogens is 1. The van der Waals surface area contributed by atoms with E-state index in [-0.39, 0.29) is 6.54 Å². The number of nitrogens with zero attached hydrogens (tertiary/aromatic N) is 2. The lowest BCUT2D eigenvalue weighted by Gasteiger charge is -2.31. The van der Waals surface area contributed by atoms with Crippen LogP contribution in [0.4, 0.5) is 18.0 Å². The Morgan fingerprint density at radius 1 is 1.33 bits per heavy atom. The van der Waals surface area contributed by atoms with Crippen molar-refractivity contribution in [2.45, 2.75) is 45.5 Å². The summed E-state index contributed by atoms with van der Waals surface area (Å²) in [5.74, 6) is 0. The van der Waals surface area contributed by atoms with E-state index in [1.807, 2.05) is 0 Å². The summed E-state index contributed by atoms with van der Waals surface area (Å²) in [6, 6.07) is 1.05. The Bertz CT molecular complexity index is 550. The molecule has 7 heteroatoms. The van der Waals surface area contributed by atoms with Crippen LogP contribution in [0.5, 0.6) is 0 Å². The summed E-state index contributed by atoms with van der Waals surface area (Å²) in [6.45, 7) is 5.70. The lowest BCUT2D eigenvalue weighted by molar-refractivity contribution is -0.137. The molecule has 2 heterocycles. The number of fused-ring (bicyclic) bond motifs is 1. The zero-order chi connectivity index (χ0) is 15.8. The number of halogens is 3. The van der Waals surface area contributed by atoms with Gasteiger partial charge in [-0.25, -0.2) is 4.79 Å². The quantitative estimate of drug-likeness (QED) is 0.737. The van der Waals surface area contributed by atoms with Crippen molar-refractivity contribution < 1.29 is 22.7 Å². The highest BCUT2D eigenvalue weighted by atomic mass is 19.4. The second-order valence-electron chi connectivity index (χ2n) is 5.98. The van der Waals surface area contributed by atoms with Crippen molar-refractivity contribution in [1.29, 1.82) is 0 Å². The van der Waals surface area contributed by atoms with Gasteiger partial charge in [0.15, 0.2) is 0 Å². The van der Waals surface area contributed by atoms with Crippen LogP contribution in [0, 0.1) is 0 Å². The van der Waals surface area contributed by atoms with Gasteiger partial charge in [0, 0.05) is 24.9 Å². The summed E-state index contributed by atoms with van der Waals surface area (Å²) in [7, 11) is 0. The van der Waals surface area contributed by atoms with E-state index in [1.54, 1.807) is 20.8 Å². The first-order valence-electron chi connectivity index (χ1n) is 6.59. The molecule has 0 bridgehead atoms. The Balaban J connectivity index is 2.17. The highest BCUT2D eigenvalue weighted by Gasteiger charge is 2.33. The Morgan fingerprint density at radius 3 is 2.57 bits per heavy atom. The number of carbonyl (C=O) groups excluding carboxylic acids is 1. The van der Waals surface area contributed by atoms with Gasteiger partial charge in [-0.2, -0.15) is 13.2 Å². The van der Waals surface area contributed by atoms with Crippen LogP contribution in [-0.4, -0.2) is 28.1 Å². The summed E-state index contributed by atoms with van der Waals surface area (Å²) in [4.78, 5) is 17.2. The Morgan fingerprint density at radius 2 is 2.00 bits per heavy atom. The first-order chi connectivity index (χ1) is 9.56. The average molecular weight is 302 g/mol. The second-order valence-corrected chi connectivity index (χ2v) is 5.98. The number of amides is 1. The first-order valence-corrected chi connectivity index (χ1v) is 6.59. The van der Waals surface area contributed by atoms with E-state index in [1.165, 1.54) is 4.90 Å². The number of rotatable bonds is 0. The molecule has 0 atom stereocenters. The maximum Gasteiger partial charge on any atom is 0.417 e. The van der Waals surface area contributed by atoms with E-state index >= 15 is 0 Å². The third kappa shape index (κ3) is 3.86. The van der Waals surface area contributed by atoms with Gasteiger partial charge in [0.05, 0.1) is 12.1 Å². The van der Waals surface area contributed by atoms with Crippen molar-refractivity contribution in [2.24, 2.45) is 0 Å². The molecule has 0 aliphatic carbocycles. The normalized spacial score (nSPS) is 15.6. The zero-order valence-electron chi connectivity index (χ0n) is 12.1. The standard InChI is InChI=1S/C14H17F3N2O2/c1-13(2,3)21-12(20)19-5-4-11-9(8-19)6-10(7-18-11)14(15,16)17/h6-7H,4-5,8H2,1-3H3. The topological polar surface area (TPSA) is 42.4 Å². The van der Waals surface area contributed by atoms with Gasteiger partial charge >= 0.3 is 12.3 Å². The Hall–Kier alpha value is -1.79. The molecule has 2 rings (SSSR count). The average Bonchev–Trinajstić information content (AvgIpc) is 2.34. The second kappa shape index (κ2) is 5.20. The molecule has 1 amide bonds. The monoisotopic (exact) mass is 302 g/mol. The molecular weight excluding hydrogens is 285 g/mol. The van der Waals surface area contributed by atoms with Crippen LogP contribution in [-0.2, 0) is 23.9 Å². The fourth-order valence-electron chi connectivity index (χ4n) is 2.06. The molecule has 1 aromatic rings. The molecule has 0 fully saturated rings. The molecule has 21 heavy (non-hydrogen) atoms. The molecular formula is C14H17F3N2O2. The largest absolute Gasteiger partial charge is 0.444 e. The molecule has 0 unspecified atom stereocenters. The number of alkyl halides is 3. The van der Waals surface area contributed by atoms with Gasteiger partial charge in [-0.3, -0.25) is 4.98 Å². The molecule has 0 aromatic carbocycles. The van der Waals surface area contributed by atoms with Crippen LogP contribution >= 0.6 is 0 Å². The highest BCUT2D eigenvalue weighted by Crippen LogP contribution is 2.31. The van der Waals surface area contributed by atoms with E-state index in [0.29, 0.717) is 24.2 Å². The van der Waals surface area contributed by atoms with Gasteiger partial charge in [0.1, 0.15) is 5.60 Å². The summed E-state index contributed by atoms with van der Waals surface area (Å²) in [5.41, 5.74) is -0.416. The van der Waals surface area contributed by atoms with Crippen molar-refractivity contribution >= 4 is 6.09 Å². The van der Waals surface area contributed by atoms with E-state index in [0.717, 1.165) is 12.3 Å². The molecule has 0 saturated carbocycles. The SMILES string of the molecule is CC(C)(C)OC(=O)N1CCc2ncc(C(F)(F)F)cc2C1. The van der Waals surface area contributed by atoms with E-state index in [4.69, 9.17) is 4.74 Å². The van der Waals surface area contributed by atoms with Crippen LogP contribution in [0.25, 0.3) is 0 Å². The van der Waals surface area contributed by atoms with Gasteiger partial charge in [0.25, 0.3) is 0 Å². The van der Waals surface area contributed by atoms with Crippen molar-refractivity contribution in [3.8, 4) is 0 Å². The van der Waals surface area contributed by atoms with Gasteiger partial charge in [-0.15, -0.1) is 0 Å². The summed E-state index contributed by atoms with van der Waals surface area (Å²) < 4.78 is 43.3. The number of hydrogen-bond acceptors (Lipinski definition) is 3. The molecule has 4 nitrogen and oxygen atoms in total. The molecule has 1 aliphatic rings. The van der Waals surface area contributed by atoms with Crippen LogP contribution in [0.15, 0.2) is 12.3 Å². The molecule has 0 radical (unpaired) electrons. The van der Waals surface area contributed by atoms with Crippen molar-refractivity contribution in [3.63, 3.8) is 0 Å². The molecule has 0 spiro atoms. The third-order valence-corrected chi connectivity index (χ3v) is 3.02. The van der Waals surface area contributed by atoms with Gasteiger partial charge in [-0.1, -0.05) is 0 Å². The van der Waals surface area contributed by atoms with E-state index in [2.05, 4.69) is 4.98 Å². The Kier molecular flexibility index (Phi) is 3.86. The lowest BCUT2D eigenvalue weighted by atomic mass is 10.0. The molecule has 116 valence electrons. The van der Waals surface area contributed by atoms with Crippen molar-refractivity contribution in [2.75, 3.05) is 6.54 Å². The molecule has 0 N–H and O–H groups in total. The van der Waals surface area contributed by atoms with Gasteiger partial charge in [-0.05, 0) is 32.4 Å². The number of pyridine rings is 1. The fraction of sp³-hybridized carbons (Fsp3) is 0.571. The van der Waals surface area contributed by atoms with Crippen molar-refractivity contribution in [1.82, 2.24) is 9.88 Å². The van der Waals surface area contributed by atoms with Crippen molar-refractivity contribution in [3.05, 3.63) is 29.1 Å². The smallest absolute Gasteiger partial charge is 0.417 e. The Labute approximate surface area is 120 Å². The fourth-order valence-corrected chi connectivity index (χ4v) is 2.06. The van der Waals surface area contributed by atoms with Crippen LogP contribution < -0.4 is 0 Å². The van der Waals surface area contributed by atoms with E-state index < -0.39 is 23.4 Å². The third-order valence-electron chi connectivity index (χ3n) is 3.02. The van der Waals surface area contributed by atoms with Crippen LogP contribution in [0.1, 0.15) is 37.6 Å².